The Morgan fingerprint density at radius 1 is 0.682 bits per heavy atom. The molecular weight excluding hydrogens is 610 g/mol. The summed E-state index contributed by atoms with van der Waals surface area (Å²) in [5, 5.41) is 1.27. The molecule has 0 aliphatic carbocycles. The number of fused-ring (bicyclic) bond motifs is 2. The molecule has 14 heteroatoms. The van der Waals surface area contributed by atoms with Crippen molar-refractivity contribution < 1.29 is 26.3 Å². The average molecular weight is 629 g/mol. The summed E-state index contributed by atoms with van der Waals surface area (Å²) in [5.74, 6) is 0. The van der Waals surface area contributed by atoms with Crippen LogP contribution >= 0.6 is 11.6 Å². The van der Waals surface area contributed by atoms with Gasteiger partial charge in [0.2, 0.25) is 0 Å². The van der Waals surface area contributed by atoms with Crippen molar-refractivity contribution in [3.63, 3.8) is 0 Å². The van der Waals surface area contributed by atoms with Gasteiger partial charge in [-0.1, -0.05) is 11.6 Å². The van der Waals surface area contributed by atoms with Gasteiger partial charge in [-0.2, -0.15) is 26.3 Å². The number of halogens is 7. The van der Waals surface area contributed by atoms with Crippen LogP contribution < -0.4 is 5.56 Å². The van der Waals surface area contributed by atoms with E-state index in [1.807, 2.05) is 0 Å². The van der Waals surface area contributed by atoms with E-state index in [4.69, 9.17) is 11.6 Å². The lowest BCUT2D eigenvalue weighted by atomic mass is 10.1. The highest BCUT2D eigenvalue weighted by Crippen LogP contribution is 2.35. The van der Waals surface area contributed by atoms with Gasteiger partial charge in [0, 0.05) is 53.7 Å². The zero-order chi connectivity index (χ0) is 31.8. The monoisotopic (exact) mass is 628 g/mol. The predicted octanol–water partition coefficient (Wildman–Crippen LogP) is 7.98. The van der Waals surface area contributed by atoms with Crippen LogP contribution in [0, 0.1) is 13.8 Å². The molecule has 0 atom stereocenters. The van der Waals surface area contributed by atoms with E-state index in [1.54, 1.807) is 30.5 Å². The van der Waals surface area contributed by atoms with E-state index in [0.717, 1.165) is 12.4 Å². The molecular formula is C30H19ClF6N6O. The molecule has 0 bridgehead atoms. The number of aromatic nitrogens is 6. The summed E-state index contributed by atoms with van der Waals surface area (Å²) < 4.78 is 76.8. The van der Waals surface area contributed by atoms with Gasteiger partial charge in [-0.15, -0.1) is 0 Å². The third-order valence-electron chi connectivity index (χ3n) is 6.63. The van der Waals surface area contributed by atoms with Crippen LogP contribution in [0.4, 0.5) is 26.3 Å². The van der Waals surface area contributed by atoms with Crippen LogP contribution in [-0.2, 0) is 12.4 Å². The Morgan fingerprint density at radius 3 is 1.70 bits per heavy atom. The summed E-state index contributed by atoms with van der Waals surface area (Å²) in [6.45, 7) is 2.77. The fourth-order valence-corrected chi connectivity index (χ4v) is 4.71. The van der Waals surface area contributed by atoms with Gasteiger partial charge in [0.25, 0.3) is 5.56 Å². The van der Waals surface area contributed by atoms with Crippen molar-refractivity contribution >= 4 is 33.4 Å². The number of aromatic amines is 1. The zero-order valence-corrected chi connectivity index (χ0v) is 23.5. The highest BCUT2D eigenvalue weighted by Gasteiger charge is 2.34. The lowest BCUT2D eigenvalue weighted by Crippen LogP contribution is -2.09. The predicted molar refractivity (Wildman–Crippen MR) is 153 cm³/mol. The second kappa shape index (κ2) is 11.6. The second-order valence-electron chi connectivity index (χ2n) is 9.56. The molecule has 7 nitrogen and oxygen atoms in total. The van der Waals surface area contributed by atoms with E-state index in [0.29, 0.717) is 44.3 Å². The van der Waals surface area contributed by atoms with Crippen LogP contribution in [0.3, 0.4) is 0 Å². The van der Waals surface area contributed by atoms with Crippen LogP contribution in [0.15, 0.2) is 78.4 Å². The zero-order valence-electron chi connectivity index (χ0n) is 22.7. The molecule has 224 valence electrons. The number of aryl methyl sites for hydroxylation is 2. The van der Waals surface area contributed by atoms with E-state index >= 15 is 0 Å². The lowest BCUT2D eigenvalue weighted by Gasteiger charge is -2.11. The quantitative estimate of drug-likeness (QED) is 0.154. The van der Waals surface area contributed by atoms with Gasteiger partial charge in [-0.3, -0.25) is 24.7 Å². The van der Waals surface area contributed by atoms with Crippen molar-refractivity contribution in [3.8, 4) is 22.5 Å². The largest absolute Gasteiger partial charge is 0.418 e. The number of rotatable bonds is 2. The van der Waals surface area contributed by atoms with Crippen molar-refractivity contribution in [2.24, 2.45) is 0 Å². The van der Waals surface area contributed by atoms with Crippen molar-refractivity contribution in [3.05, 3.63) is 111 Å². The maximum Gasteiger partial charge on any atom is 0.418 e. The topological polar surface area (TPSA) is 97.3 Å². The van der Waals surface area contributed by atoms with Crippen molar-refractivity contribution in [1.82, 2.24) is 29.9 Å². The first-order valence-electron chi connectivity index (χ1n) is 12.7. The fourth-order valence-electron chi connectivity index (χ4n) is 4.51. The number of alkyl halides is 6. The Hall–Kier alpha value is -4.91. The SMILES string of the molecule is Cc1cc(-c2c[nH]c(=O)c3cccnc23)ncc1C(F)(F)F.Cc1cc(-c2cnc(Cl)c3cccnc23)ncc1C(F)(F)F. The van der Waals surface area contributed by atoms with Crippen LogP contribution in [-0.4, -0.2) is 29.9 Å². The Morgan fingerprint density at radius 2 is 1.18 bits per heavy atom. The first kappa shape index (κ1) is 30.5. The van der Waals surface area contributed by atoms with E-state index in [1.165, 1.54) is 44.6 Å². The van der Waals surface area contributed by atoms with E-state index in [-0.39, 0.29) is 21.8 Å². The summed E-state index contributed by atoms with van der Waals surface area (Å²) in [7, 11) is 0. The first-order chi connectivity index (χ1) is 20.8. The molecule has 0 fully saturated rings. The van der Waals surface area contributed by atoms with Gasteiger partial charge in [0.05, 0.1) is 38.9 Å². The van der Waals surface area contributed by atoms with Crippen molar-refractivity contribution in [2.45, 2.75) is 26.2 Å². The Kier molecular flexibility index (Phi) is 8.08. The summed E-state index contributed by atoms with van der Waals surface area (Å²) in [6, 6.07) is 9.39. The van der Waals surface area contributed by atoms with Gasteiger partial charge >= 0.3 is 12.4 Å². The molecule has 6 aromatic heterocycles. The molecule has 0 amide bonds. The normalized spacial score (nSPS) is 11.8. The summed E-state index contributed by atoms with van der Waals surface area (Å²) in [6.07, 6.45) is -1.27. The maximum absolute atomic E-state index is 12.8. The maximum atomic E-state index is 12.8. The molecule has 0 unspecified atom stereocenters. The Bertz CT molecular complexity index is 2080. The average Bonchev–Trinajstić information content (AvgIpc) is 2.97. The smallest absolute Gasteiger partial charge is 0.328 e. The standard InChI is InChI=1S/C15H9ClF3N3.C15H10F3N3O/c1-8-5-12(21-7-11(8)15(17,18)19)10-6-22-14(16)9-3-2-4-20-13(9)10;1-8-5-12(20-7-11(8)15(16,17)18)10-6-21-14(22)9-3-2-4-19-13(9)10/h2-7H,1H3;2-7H,1H3,(H,21,22). The van der Waals surface area contributed by atoms with Gasteiger partial charge in [0.15, 0.2) is 0 Å². The molecule has 6 heterocycles. The van der Waals surface area contributed by atoms with Crippen LogP contribution in [0.25, 0.3) is 44.3 Å². The van der Waals surface area contributed by atoms with E-state index in [9.17, 15) is 31.1 Å². The minimum absolute atomic E-state index is 0.0628. The molecule has 6 aromatic rings. The summed E-state index contributed by atoms with van der Waals surface area (Å²) >= 11 is 6.01. The van der Waals surface area contributed by atoms with E-state index < -0.39 is 23.5 Å². The van der Waals surface area contributed by atoms with Crippen LogP contribution in [0.5, 0.6) is 0 Å². The highest BCUT2D eigenvalue weighted by molar-refractivity contribution is 6.34. The number of nitrogens with one attached hydrogen (secondary N) is 1. The molecule has 0 spiro atoms. The molecule has 44 heavy (non-hydrogen) atoms. The number of hydrogen-bond donors (Lipinski definition) is 1. The van der Waals surface area contributed by atoms with E-state index in [2.05, 4.69) is 29.9 Å². The van der Waals surface area contributed by atoms with Crippen molar-refractivity contribution in [2.75, 3.05) is 0 Å². The number of pyridine rings is 6. The Labute approximate surface area is 249 Å². The number of hydrogen-bond acceptors (Lipinski definition) is 6. The summed E-state index contributed by atoms with van der Waals surface area (Å²) in [5.41, 5.74) is 0.980. The van der Waals surface area contributed by atoms with Gasteiger partial charge < -0.3 is 4.98 Å². The minimum atomic E-state index is -4.44. The molecule has 0 aromatic carbocycles. The molecule has 0 saturated carbocycles. The van der Waals surface area contributed by atoms with Crippen LogP contribution in [0.1, 0.15) is 22.3 Å². The number of H-pyrrole nitrogens is 1. The molecule has 0 aliphatic heterocycles. The number of nitrogens with zero attached hydrogens (tertiary/aromatic N) is 5. The van der Waals surface area contributed by atoms with Gasteiger partial charge in [0.1, 0.15) is 5.15 Å². The molecule has 0 saturated heterocycles. The molecule has 0 radical (unpaired) electrons. The second-order valence-corrected chi connectivity index (χ2v) is 9.92. The summed E-state index contributed by atoms with van der Waals surface area (Å²) in [4.78, 5) is 34.5. The van der Waals surface area contributed by atoms with Crippen LogP contribution in [0.2, 0.25) is 5.15 Å². The fraction of sp³-hybridized carbons (Fsp3) is 0.133. The third-order valence-corrected chi connectivity index (χ3v) is 6.93. The van der Waals surface area contributed by atoms with Gasteiger partial charge in [-0.25, -0.2) is 4.98 Å². The molecule has 0 aliphatic rings. The minimum Gasteiger partial charge on any atom is -0.328 e. The lowest BCUT2D eigenvalue weighted by molar-refractivity contribution is -0.139. The molecule has 1 N–H and O–H groups in total. The van der Waals surface area contributed by atoms with Crippen molar-refractivity contribution in [1.29, 1.82) is 0 Å². The molecule has 6 rings (SSSR count). The Balaban J connectivity index is 0.000000175. The highest BCUT2D eigenvalue weighted by atomic mass is 35.5. The van der Waals surface area contributed by atoms with Gasteiger partial charge in [-0.05, 0) is 61.4 Å². The first-order valence-corrected chi connectivity index (χ1v) is 13.1. The third kappa shape index (κ3) is 6.09.